The summed E-state index contributed by atoms with van der Waals surface area (Å²) in [5, 5.41) is 0. The van der Waals surface area contributed by atoms with Crippen LogP contribution in [0.25, 0.3) is 6.08 Å². The fourth-order valence-corrected chi connectivity index (χ4v) is 3.45. The molecule has 0 bridgehead atoms. The van der Waals surface area contributed by atoms with Crippen molar-refractivity contribution >= 4 is 46.0 Å². The molecular formula is C17H14N2O2S2. The predicted octanol–water partition coefficient (Wildman–Crippen LogP) is 3.89. The van der Waals surface area contributed by atoms with Crippen LogP contribution in [0.1, 0.15) is 12.5 Å². The van der Waals surface area contributed by atoms with Gasteiger partial charge in [0, 0.05) is 6.20 Å². The fraction of sp³-hybridized carbons (Fsp3) is 0.118. The van der Waals surface area contributed by atoms with Gasteiger partial charge < -0.3 is 4.74 Å². The number of nitrogens with zero attached hydrogens (tertiary/aromatic N) is 2. The monoisotopic (exact) mass is 342 g/mol. The summed E-state index contributed by atoms with van der Waals surface area (Å²) in [7, 11) is 0. The summed E-state index contributed by atoms with van der Waals surface area (Å²) in [6.45, 7) is 2.57. The highest BCUT2D eigenvalue weighted by Gasteiger charge is 2.33. The van der Waals surface area contributed by atoms with Crippen LogP contribution in [0, 0.1) is 0 Å². The van der Waals surface area contributed by atoms with Crippen LogP contribution < -0.4 is 9.64 Å². The molecule has 0 atom stereocenters. The Hall–Kier alpha value is -2.18. The van der Waals surface area contributed by atoms with E-state index in [2.05, 4.69) is 4.98 Å². The zero-order chi connectivity index (χ0) is 16.2. The second-order valence-corrected chi connectivity index (χ2v) is 6.41. The Balaban J connectivity index is 1.84. The average molecular weight is 342 g/mol. The minimum absolute atomic E-state index is 0.123. The SMILES string of the molecule is CCOc1ccc(/C=C2\SC(=S)N(c3cccnc3)C2=O)cc1. The summed E-state index contributed by atoms with van der Waals surface area (Å²) < 4.78 is 5.93. The first-order valence-corrected chi connectivity index (χ1v) is 8.32. The molecule has 1 aromatic carbocycles. The Labute approximate surface area is 144 Å². The van der Waals surface area contributed by atoms with Gasteiger partial charge in [-0.1, -0.05) is 36.1 Å². The fourth-order valence-electron chi connectivity index (χ4n) is 2.15. The van der Waals surface area contributed by atoms with Crippen molar-refractivity contribution in [1.82, 2.24) is 4.98 Å². The number of carbonyl (C=O) groups excluding carboxylic acids is 1. The van der Waals surface area contributed by atoms with Crippen LogP contribution in [-0.2, 0) is 4.79 Å². The van der Waals surface area contributed by atoms with E-state index < -0.39 is 0 Å². The number of thiocarbonyl (C=S) groups is 1. The average Bonchev–Trinajstić information content (AvgIpc) is 2.84. The zero-order valence-electron chi connectivity index (χ0n) is 12.4. The maximum atomic E-state index is 12.6. The molecule has 23 heavy (non-hydrogen) atoms. The number of hydrogen-bond acceptors (Lipinski definition) is 5. The third-order valence-electron chi connectivity index (χ3n) is 3.19. The van der Waals surface area contributed by atoms with E-state index in [4.69, 9.17) is 17.0 Å². The van der Waals surface area contributed by atoms with Gasteiger partial charge in [-0.15, -0.1) is 0 Å². The van der Waals surface area contributed by atoms with E-state index in [1.165, 1.54) is 16.7 Å². The second kappa shape index (κ2) is 6.93. The molecule has 1 amide bonds. The number of amides is 1. The van der Waals surface area contributed by atoms with Crippen molar-refractivity contribution in [2.24, 2.45) is 0 Å². The quantitative estimate of drug-likeness (QED) is 0.623. The molecule has 6 heteroatoms. The van der Waals surface area contributed by atoms with Crippen molar-refractivity contribution in [3.63, 3.8) is 0 Å². The molecule has 0 N–H and O–H groups in total. The number of ether oxygens (including phenoxy) is 1. The highest BCUT2D eigenvalue weighted by atomic mass is 32.2. The van der Waals surface area contributed by atoms with Gasteiger partial charge in [-0.3, -0.25) is 14.7 Å². The number of thioether (sulfide) groups is 1. The first-order chi connectivity index (χ1) is 11.2. The van der Waals surface area contributed by atoms with Crippen molar-refractivity contribution in [3.8, 4) is 5.75 Å². The minimum Gasteiger partial charge on any atom is -0.494 e. The van der Waals surface area contributed by atoms with Gasteiger partial charge in [0.05, 0.1) is 23.4 Å². The van der Waals surface area contributed by atoms with Crippen LogP contribution in [-0.4, -0.2) is 21.8 Å². The Morgan fingerprint density at radius 2 is 2.09 bits per heavy atom. The van der Waals surface area contributed by atoms with Gasteiger partial charge >= 0.3 is 0 Å². The van der Waals surface area contributed by atoms with Crippen LogP contribution in [0.15, 0.2) is 53.7 Å². The molecule has 3 rings (SSSR count). The lowest BCUT2D eigenvalue weighted by Crippen LogP contribution is -2.27. The van der Waals surface area contributed by atoms with E-state index in [0.29, 0.717) is 21.5 Å². The lowest BCUT2D eigenvalue weighted by Gasteiger charge is -2.13. The molecular weight excluding hydrogens is 328 g/mol. The minimum atomic E-state index is -0.123. The summed E-state index contributed by atoms with van der Waals surface area (Å²) in [4.78, 5) is 18.7. The topological polar surface area (TPSA) is 42.4 Å². The van der Waals surface area contributed by atoms with Crippen molar-refractivity contribution in [3.05, 3.63) is 59.3 Å². The highest BCUT2D eigenvalue weighted by molar-refractivity contribution is 8.27. The van der Waals surface area contributed by atoms with Crippen LogP contribution in [0.2, 0.25) is 0 Å². The first-order valence-electron chi connectivity index (χ1n) is 7.10. The maximum Gasteiger partial charge on any atom is 0.270 e. The summed E-state index contributed by atoms with van der Waals surface area (Å²) in [6, 6.07) is 11.2. The summed E-state index contributed by atoms with van der Waals surface area (Å²) in [5.41, 5.74) is 1.62. The Kier molecular flexibility index (Phi) is 4.73. The number of hydrogen-bond donors (Lipinski definition) is 0. The number of anilines is 1. The molecule has 2 aromatic rings. The maximum absolute atomic E-state index is 12.6. The zero-order valence-corrected chi connectivity index (χ0v) is 14.1. The molecule has 0 spiro atoms. The van der Waals surface area contributed by atoms with E-state index in [1.807, 2.05) is 43.3 Å². The third kappa shape index (κ3) is 3.43. The molecule has 1 aliphatic heterocycles. The van der Waals surface area contributed by atoms with E-state index in [9.17, 15) is 4.79 Å². The van der Waals surface area contributed by atoms with E-state index >= 15 is 0 Å². The van der Waals surface area contributed by atoms with Crippen LogP contribution in [0.5, 0.6) is 5.75 Å². The molecule has 0 unspecified atom stereocenters. The number of carbonyl (C=O) groups is 1. The van der Waals surface area contributed by atoms with Gasteiger partial charge in [-0.2, -0.15) is 0 Å². The first kappa shape index (κ1) is 15.7. The van der Waals surface area contributed by atoms with Gasteiger partial charge in [0.1, 0.15) is 5.75 Å². The number of pyridine rings is 1. The number of aromatic nitrogens is 1. The van der Waals surface area contributed by atoms with Gasteiger partial charge in [0.25, 0.3) is 5.91 Å². The molecule has 0 aliphatic carbocycles. The normalized spacial score (nSPS) is 16.2. The molecule has 1 fully saturated rings. The molecule has 116 valence electrons. The van der Waals surface area contributed by atoms with Crippen molar-refractivity contribution in [2.75, 3.05) is 11.5 Å². The number of benzene rings is 1. The molecule has 1 saturated heterocycles. The van der Waals surface area contributed by atoms with Crippen molar-refractivity contribution in [2.45, 2.75) is 6.92 Å². The number of rotatable bonds is 4. The standard InChI is InChI=1S/C17H14N2O2S2/c1-2-21-14-7-5-12(6-8-14)10-15-16(20)19(17(22)23-15)13-4-3-9-18-11-13/h3-11H,2H2,1H3/b15-10-. The highest BCUT2D eigenvalue weighted by Crippen LogP contribution is 2.35. The molecule has 1 aliphatic rings. The Morgan fingerprint density at radius 3 is 2.74 bits per heavy atom. The second-order valence-electron chi connectivity index (χ2n) is 4.73. The molecule has 2 heterocycles. The molecule has 4 nitrogen and oxygen atoms in total. The van der Waals surface area contributed by atoms with Gasteiger partial charge in [-0.05, 0) is 42.8 Å². The van der Waals surface area contributed by atoms with Crippen LogP contribution in [0.4, 0.5) is 5.69 Å². The van der Waals surface area contributed by atoms with E-state index in [0.717, 1.165) is 11.3 Å². The lowest BCUT2D eigenvalue weighted by molar-refractivity contribution is -0.113. The van der Waals surface area contributed by atoms with Gasteiger partial charge in [0.15, 0.2) is 4.32 Å². The van der Waals surface area contributed by atoms with E-state index in [1.54, 1.807) is 18.5 Å². The van der Waals surface area contributed by atoms with Gasteiger partial charge in [-0.25, -0.2) is 0 Å². The Morgan fingerprint density at radius 1 is 1.30 bits per heavy atom. The lowest BCUT2D eigenvalue weighted by atomic mass is 10.2. The summed E-state index contributed by atoms with van der Waals surface area (Å²) in [6.07, 6.45) is 5.13. The van der Waals surface area contributed by atoms with Crippen molar-refractivity contribution in [1.29, 1.82) is 0 Å². The van der Waals surface area contributed by atoms with Crippen LogP contribution in [0.3, 0.4) is 0 Å². The summed E-state index contributed by atoms with van der Waals surface area (Å²) >= 11 is 6.62. The molecule has 0 radical (unpaired) electrons. The smallest absolute Gasteiger partial charge is 0.270 e. The summed E-state index contributed by atoms with van der Waals surface area (Å²) in [5.74, 6) is 0.689. The van der Waals surface area contributed by atoms with E-state index in [-0.39, 0.29) is 5.91 Å². The molecule has 0 saturated carbocycles. The van der Waals surface area contributed by atoms with Crippen LogP contribution >= 0.6 is 24.0 Å². The van der Waals surface area contributed by atoms with Crippen molar-refractivity contribution < 1.29 is 9.53 Å². The third-order valence-corrected chi connectivity index (χ3v) is 4.49. The molecule has 1 aromatic heterocycles. The van der Waals surface area contributed by atoms with Gasteiger partial charge in [0.2, 0.25) is 0 Å². The predicted molar refractivity (Wildman–Crippen MR) is 97.5 cm³/mol. The largest absolute Gasteiger partial charge is 0.494 e. The Bertz CT molecular complexity index is 758.